The van der Waals surface area contributed by atoms with Gasteiger partial charge >= 0.3 is 5.82 Å². The largest absolute Gasteiger partial charge is 0.504 e. The van der Waals surface area contributed by atoms with Gasteiger partial charge in [0.15, 0.2) is 11.9 Å². The zero-order valence-corrected chi connectivity index (χ0v) is 5.39. The molecule has 0 aromatic carbocycles. The van der Waals surface area contributed by atoms with E-state index >= 15 is 0 Å². The fourth-order valence-corrected chi connectivity index (χ4v) is 0.616. The maximum Gasteiger partial charge on any atom is 0.386 e. The van der Waals surface area contributed by atoms with Crippen LogP contribution in [0.4, 0.5) is 11.5 Å². The van der Waals surface area contributed by atoms with E-state index in [9.17, 15) is 10.1 Å². The van der Waals surface area contributed by atoms with Crippen LogP contribution in [0.2, 0.25) is 0 Å². The first-order chi connectivity index (χ1) is 5.11. The summed E-state index contributed by atoms with van der Waals surface area (Å²) in [6.45, 7) is 0. The van der Waals surface area contributed by atoms with Crippen LogP contribution in [0.25, 0.3) is 0 Å². The average molecular weight is 155 g/mol. The summed E-state index contributed by atoms with van der Waals surface area (Å²) in [5.74, 6) is -0.629. The van der Waals surface area contributed by atoms with E-state index in [0.717, 1.165) is 12.3 Å². The molecule has 0 unspecified atom stereocenters. The van der Waals surface area contributed by atoms with Gasteiger partial charge in [-0.25, -0.2) is 0 Å². The molecule has 1 aromatic rings. The zero-order valence-electron chi connectivity index (χ0n) is 5.39. The molecule has 1 rings (SSSR count). The molecule has 0 aliphatic heterocycles. The Balaban J connectivity index is 3.20. The molecule has 0 saturated heterocycles. The molecule has 0 aliphatic rings. The Morgan fingerprint density at radius 2 is 2.36 bits per heavy atom. The van der Waals surface area contributed by atoms with Crippen LogP contribution in [0.3, 0.4) is 0 Å². The smallest absolute Gasteiger partial charge is 0.386 e. The number of nitrogens with zero attached hydrogens (tertiary/aromatic N) is 2. The number of aromatic nitrogens is 1. The highest BCUT2D eigenvalue weighted by molar-refractivity contribution is 5.55. The normalized spacial score (nSPS) is 9.45. The van der Waals surface area contributed by atoms with Crippen LogP contribution in [0.5, 0.6) is 5.75 Å². The van der Waals surface area contributed by atoms with Crippen LogP contribution in [0.1, 0.15) is 0 Å². The maximum atomic E-state index is 10.1. The van der Waals surface area contributed by atoms with E-state index in [0.29, 0.717) is 0 Å². The molecule has 0 aliphatic carbocycles. The number of aromatic hydroxyl groups is 1. The Bertz CT molecular complexity index is 299. The molecular formula is C5H5N3O3. The molecule has 0 amide bonds. The predicted octanol–water partition coefficient (Wildman–Crippen LogP) is 0.278. The molecule has 0 saturated carbocycles. The van der Waals surface area contributed by atoms with Crippen molar-refractivity contribution in [2.45, 2.75) is 0 Å². The summed E-state index contributed by atoms with van der Waals surface area (Å²) in [7, 11) is 0. The SMILES string of the molecule is Nc1cc(O)cnc1[N+](=O)[O-]. The number of pyridine rings is 1. The van der Waals surface area contributed by atoms with E-state index in [4.69, 9.17) is 10.8 Å². The minimum Gasteiger partial charge on any atom is -0.504 e. The van der Waals surface area contributed by atoms with Crippen LogP contribution in [0.15, 0.2) is 12.3 Å². The Labute approximate surface area is 61.4 Å². The number of hydrogen-bond donors (Lipinski definition) is 2. The predicted molar refractivity (Wildman–Crippen MR) is 37.0 cm³/mol. The summed E-state index contributed by atoms with van der Waals surface area (Å²) in [6.07, 6.45) is 0.967. The summed E-state index contributed by atoms with van der Waals surface area (Å²) in [5, 5.41) is 18.9. The quantitative estimate of drug-likeness (QED) is 0.447. The van der Waals surface area contributed by atoms with Gasteiger partial charge in [-0.15, -0.1) is 0 Å². The number of nitro groups is 1. The Morgan fingerprint density at radius 3 is 2.82 bits per heavy atom. The van der Waals surface area contributed by atoms with Crippen molar-refractivity contribution in [3.05, 3.63) is 22.4 Å². The lowest BCUT2D eigenvalue weighted by molar-refractivity contribution is -0.388. The lowest BCUT2D eigenvalue weighted by Gasteiger charge is -1.94. The van der Waals surface area contributed by atoms with Crippen LogP contribution < -0.4 is 5.73 Å². The van der Waals surface area contributed by atoms with Crippen molar-refractivity contribution in [2.75, 3.05) is 5.73 Å². The Hall–Kier alpha value is -1.85. The number of hydrogen-bond acceptors (Lipinski definition) is 5. The first-order valence-electron chi connectivity index (χ1n) is 2.70. The van der Waals surface area contributed by atoms with Crippen LogP contribution in [-0.2, 0) is 0 Å². The second-order valence-corrected chi connectivity index (χ2v) is 1.86. The third-order valence-corrected chi connectivity index (χ3v) is 1.05. The van der Waals surface area contributed by atoms with Crippen molar-refractivity contribution in [1.82, 2.24) is 4.98 Å². The van der Waals surface area contributed by atoms with Crippen LogP contribution >= 0.6 is 0 Å². The van der Waals surface area contributed by atoms with Crippen molar-refractivity contribution >= 4 is 11.5 Å². The third kappa shape index (κ3) is 1.34. The molecule has 0 bridgehead atoms. The molecule has 6 nitrogen and oxygen atoms in total. The number of nitrogens with two attached hydrogens (primary N) is 1. The molecule has 6 heteroatoms. The molecule has 0 radical (unpaired) electrons. The highest BCUT2D eigenvalue weighted by Gasteiger charge is 2.12. The van der Waals surface area contributed by atoms with Gasteiger partial charge < -0.3 is 21.0 Å². The van der Waals surface area contributed by atoms with E-state index in [1.54, 1.807) is 0 Å². The van der Waals surface area contributed by atoms with E-state index in [1.807, 2.05) is 0 Å². The van der Waals surface area contributed by atoms with Gasteiger partial charge in [0.25, 0.3) is 0 Å². The van der Waals surface area contributed by atoms with Crippen molar-refractivity contribution in [3.8, 4) is 5.75 Å². The minimum atomic E-state index is -0.714. The van der Waals surface area contributed by atoms with Crippen molar-refractivity contribution in [2.24, 2.45) is 0 Å². The summed E-state index contributed by atoms with van der Waals surface area (Å²) in [5.41, 5.74) is 5.01. The van der Waals surface area contributed by atoms with E-state index in [-0.39, 0.29) is 11.4 Å². The van der Waals surface area contributed by atoms with E-state index < -0.39 is 10.7 Å². The third-order valence-electron chi connectivity index (χ3n) is 1.05. The molecule has 11 heavy (non-hydrogen) atoms. The number of anilines is 1. The molecular weight excluding hydrogens is 150 g/mol. The van der Waals surface area contributed by atoms with Gasteiger partial charge in [0.2, 0.25) is 0 Å². The lowest BCUT2D eigenvalue weighted by atomic mass is 10.4. The first kappa shape index (κ1) is 7.26. The molecule has 58 valence electrons. The lowest BCUT2D eigenvalue weighted by Crippen LogP contribution is -1.97. The van der Waals surface area contributed by atoms with Crippen molar-refractivity contribution in [3.63, 3.8) is 0 Å². The first-order valence-corrected chi connectivity index (χ1v) is 2.70. The average Bonchev–Trinajstić information content (AvgIpc) is 1.85. The van der Waals surface area contributed by atoms with Crippen LogP contribution in [-0.4, -0.2) is 15.0 Å². The minimum absolute atomic E-state index is 0.144. The second-order valence-electron chi connectivity index (χ2n) is 1.86. The summed E-state index contributed by atoms with van der Waals surface area (Å²) in [4.78, 5) is 12.7. The molecule has 1 aromatic heterocycles. The van der Waals surface area contributed by atoms with Crippen molar-refractivity contribution in [1.29, 1.82) is 0 Å². The zero-order chi connectivity index (χ0) is 8.43. The van der Waals surface area contributed by atoms with Crippen LogP contribution in [0, 0.1) is 10.1 Å². The summed E-state index contributed by atoms with van der Waals surface area (Å²) >= 11 is 0. The van der Waals surface area contributed by atoms with Gasteiger partial charge in [-0.1, -0.05) is 0 Å². The fourth-order valence-electron chi connectivity index (χ4n) is 0.616. The highest BCUT2D eigenvalue weighted by atomic mass is 16.6. The highest BCUT2D eigenvalue weighted by Crippen LogP contribution is 2.21. The molecule has 0 atom stereocenters. The monoisotopic (exact) mass is 155 g/mol. The number of rotatable bonds is 1. The van der Waals surface area contributed by atoms with Crippen molar-refractivity contribution < 1.29 is 10.0 Å². The van der Waals surface area contributed by atoms with Gasteiger partial charge in [0.1, 0.15) is 5.69 Å². The fraction of sp³-hybridized carbons (Fsp3) is 0. The van der Waals surface area contributed by atoms with Gasteiger partial charge in [0, 0.05) is 6.07 Å². The van der Waals surface area contributed by atoms with E-state index in [1.165, 1.54) is 0 Å². The molecule has 1 heterocycles. The Kier molecular flexibility index (Phi) is 1.59. The van der Waals surface area contributed by atoms with Gasteiger partial charge in [-0.3, -0.25) is 0 Å². The second kappa shape index (κ2) is 2.41. The molecule has 0 spiro atoms. The van der Waals surface area contributed by atoms with Gasteiger partial charge in [0.05, 0.1) is 0 Å². The summed E-state index contributed by atoms with van der Waals surface area (Å²) < 4.78 is 0. The molecule has 3 N–H and O–H groups in total. The maximum absolute atomic E-state index is 10.1. The van der Waals surface area contributed by atoms with E-state index in [2.05, 4.69) is 4.98 Å². The molecule has 0 fully saturated rings. The topological polar surface area (TPSA) is 102 Å². The van der Waals surface area contributed by atoms with Gasteiger partial charge in [-0.05, 0) is 9.91 Å². The number of nitrogen functional groups attached to an aromatic ring is 1. The standard InChI is InChI=1S/C5H5N3O3/c6-4-1-3(9)2-7-5(4)8(10)11/h1-2,9H,6H2. The summed E-state index contributed by atoms with van der Waals surface area (Å²) in [6, 6.07) is 1.07. The van der Waals surface area contributed by atoms with Gasteiger partial charge in [-0.2, -0.15) is 0 Å². The Morgan fingerprint density at radius 1 is 1.73 bits per heavy atom.